The summed E-state index contributed by atoms with van der Waals surface area (Å²) in [4.78, 5) is 0. The quantitative estimate of drug-likeness (QED) is 0.774. The Morgan fingerprint density at radius 3 is 2.14 bits per heavy atom. The van der Waals surface area contributed by atoms with Crippen molar-refractivity contribution in [2.24, 2.45) is 5.73 Å². The van der Waals surface area contributed by atoms with Crippen LogP contribution in [-0.4, -0.2) is 7.11 Å². The van der Waals surface area contributed by atoms with Crippen molar-refractivity contribution in [1.29, 1.82) is 0 Å². The van der Waals surface area contributed by atoms with E-state index in [1.54, 1.807) is 7.11 Å². The molecule has 0 aliphatic carbocycles. The molecule has 0 heterocycles. The Hall–Kier alpha value is -2.16. The highest BCUT2D eigenvalue weighted by atomic mass is 16.5. The maximum absolute atomic E-state index is 6.45. The number of methoxy groups -OCH3 is 1. The fraction of sp³-hybridized carbons (Fsp3) is 0.158. The van der Waals surface area contributed by atoms with Crippen LogP contribution in [0.3, 0.4) is 0 Å². The van der Waals surface area contributed by atoms with E-state index in [0.29, 0.717) is 0 Å². The molecule has 0 fully saturated rings. The van der Waals surface area contributed by atoms with Crippen molar-refractivity contribution in [2.75, 3.05) is 7.11 Å². The summed E-state index contributed by atoms with van der Waals surface area (Å²) >= 11 is 0. The SMILES string of the molecule is COC(c1ccccc1)C(N)c1ccc2ccccc2c1. The maximum atomic E-state index is 6.45. The molecule has 2 nitrogen and oxygen atoms in total. The summed E-state index contributed by atoms with van der Waals surface area (Å²) in [6, 6.07) is 24.6. The van der Waals surface area contributed by atoms with Gasteiger partial charge in [0.05, 0.1) is 6.04 Å². The van der Waals surface area contributed by atoms with Gasteiger partial charge in [-0.2, -0.15) is 0 Å². The topological polar surface area (TPSA) is 35.2 Å². The Morgan fingerprint density at radius 2 is 1.43 bits per heavy atom. The second kappa shape index (κ2) is 6.08. The third-order valence-electron chi connectivity index (χ3n) is 3.87. The Morgan fingerprint density at radius 1 is 0.762 bits per heavy atom. The van der Waals surface area contributed by atoms with Crippen LogP contribution in [0.15, 0.2) is 72.8 Å². The zero-order valence-electron chi connectivity index (χ0n) is 12.1. The first kappa shape index (κ1) is 13.8. The summed E-state index contributed by atoms with van der Waals surface area (Å²) < 4.78 is 5.64. The molecule has 2 heteroatoms. The number of fused-ring (bicyclic) bond motifs is 1. The van der Waals surface area contributed by atoms with Crippen LogP contribution in [-0.2, 0) is 4.74 Å². The zero-order valence-corrected chi connectivity index (χ0v) is 12.1. The Bertz CT molecular complexity index is 724. The number of ether oxygens (including phenoxy) is 1. The van der Waals surface area contributed by atoms with E-state index in [2.05, 4.69) is 42.5 Å². The Kier molecular flexibility index (Phi) is 4.00. The van der Waals surface area contributed by atoms with E-state index in [1.165, 1.54) is 10.8 Å². The minimum atomic E-state index is -0.193. The summed E-state index contributed by atoms with van der Waals surface area (Å²) in [5.41, 5.74) is 8.63. The van der Waals surface area contributed by atoms with E-state index < -0.39 is 0 Å². The van der Waals surface area contributed by atoms with Gasteiger partial charge in [-0.1, -0.05) is 66.7 Å². The first-order valence-electron chi connectivity index (χ1n) is 7.11. The second-order valence-electron chi connectivity index (χ2n) is 5.20. The van der Waals surface area contributed by atoms with Crippen LogP contribution in [0.25, 0.3) is 10.8 Å². The third-order valence-corrected chi connectivity index (χ3v) is 3.87. The molecule has 3 rings (SSSR count). The summed E-state index contributed by atoms with van der Waals surface area (Å²) in [7, 11) is 1.71. The number of rotatable bonds is 4. The predicted octanol–water partition coefficient (Wildman–Crippen LogP) is 4.23. The molecule has 0 saturated heterocycles. The summed E-state index contributed by atoms with van der Waals surface area (Å²) in [5, 5.41) is 2.43. The molecular weight excluding hydrogens is 258 g/mol. The van der Waals surface area contributed by atoms with Gasteiger partial charge in [-0.05, 0) is 28.0 Å². The molecule has 0 radical (unpaired) electrons. The second-order valence-corrected chi connectivity index (χ2v) is 5.20. The average molecular weight is 277 g/mol. The van der Waals surface area contributed by atoms with Crippen LogP contribution >= 0.6 is 0 Å². The van der Waals surface area contributed by atoms with E-state index in [4.69, 9.17) is 10.5 Å². The monoisotopic (exact) mass is 277 g/mol. The number of benzene rings is 3. The van der Waals surface area contributed by atoms with E-state index in [1.807, 2.05) is 30.3 Å². The van der Waals surface area contributed by atoms with Gasteiger partial charge in [0.25, 0.3) is 0 Å². The van der Waals surface area contributed by atoms with Gasteiger partial charge in [0, 0.05) is 7.11 Å². The van der Waals surface area contributed by atoms with Crippen LogP contribution in [0, 0.1) is 0 Å². The molecule has 0 aliphatic heterocycles. The fourth-order valence-electron chi connectivity index (χ4n) is 2.72. The molecule has 21 heavy (non-hydrogen) atoms. The third kappa shape index (κ3) is 2.82. The van der Waals surface area contributed by atoms with Crippen molar-refractivity contribution in [2.45, 2.75) is 12.1 Å². The summed E-state index contributed by atoms with van der Waals surface area (Å²) in [5.74, 6) is 0. The first-order valence-corrected chi connectivity index (χ1v) is 7.11. The van der Waals surface area contributed by atoms with Crippen LogP contribution in [0.1, 0.15) is 23.3 Å². The van der Waals surface area contributed by atoms with Gasteiger partial charge in [0.1, 0.15) is 6.10 Å². The largest absolute Gasteiger partial charge is 0.375 e. The molecule has 2 unspecified atom stereocenters. The highest BCUT2D eigenvalue weighted by molar-refractivity contribution is 5.83. The van der Waals surface area contributed by atoms with Crippen LogP contribution in [0.4, 0.5) is 0 Å². The Labute approximate surface area is 125 Å². The minimum absolute atomic E-state index is 0.146. The molecule has 0 aromatic heterocycles. The number of hydrogen-bond acceptors (Lipinski definition) is 2. The predicted molar refractivity (Wildman–Crippen MR) is 87.1 cm³/mol. The van der Waals surface area contributed by atoms with Gasteiger partial charge in [-0.15, -0.1) is 0 Å². The molecule has 0 amide bonds. The molecule has 3 aromatic rings. The fourth-order valence-corrected chi connectivity index (χ4v) is 2.72. The lowest BCUT2D eigenvalue weighted by molar-refractivity contribution is 0.0802. The van der Waals surface area contributed by atoms with Crippen molar-refractivity contribution in [3.63, 3.8) is 0 Å². The molecule has 106 valence electrons. The van der Waals surface area contributed by atoms with Gasteiger partial charge in [0.2, 0.25) is 0 Å². The van der Waals surface area contributed by atoms with Gasteiger partial charge in [0.15, 0.2) is 0 Å². The van der Waals surface area contributed by atoms with E-state index in [9.17, 15) is 0 Å². The molecule has 0 spiro atoms. The van der Waals surface area contributed by atoms with Crippen LogP contribution in [0.2, 0.25) is 0 Å². The van der Waals surface area contributed by atoms with E-state index in [-0.39, 0.29) is 12.1 Å². The lowest BCUT2D eigenvalue weighted by Gasteiger charge is -2.23. The normalized spacial score (nSPS) is 14.0. The minimum Gasteiger partial charge on any atom is -0.375 e. The van der Waals surface area contributed by atoms with Crippen molar-refractivity contribution in [3.05, 3.63) is 83.9 Å². The van der Waals surface area contributed by atoms with Crippen molar-refractivity contribution in [1.82, 2.24) is 0 Å². The molecule has 3 aromatic carbocycles. The highest BCUT2D eigenvalue weighted by Crippen LogP contribution is 2.31. The molecular formula is C19H19NO. The van der Waals surface area contributed by atoms with Gasteiger partial charge < -0.3 is 10.5 Å². The molecule has 2 atom stereocenters. The molecule has 2 N–H and O–H groups in total. The zero-order chi connectivity index (χ0) is 14.7. The average Bonchev–Trinajstić information content (AvgIpc) is 2.56. The molecule has 0 bridgehead atoms. The van der Waals surface area contributed by atoms with Crippen molar-refractivity contribution >= 4 is 10.8 Å². The van der Waals surface area contributed by atoms with Crippen molar-refractivity contribution < 1.29 is 4.74 Å². The smallest absolute Gasteiger partial charge is 0.101 e. The van der Waals surface area contributed by atoms with Gasteiger partial charge >= 0.3 is 0 Å². The van der Waals surface area contributed by atoms with E-state index >= 15 is 0 Å². The van der Waals surface area contributed by atoms with Crippen LogP contribution < -0.4 is 5.73 Å². The number of nitrogens with two attached hydrogens (primary N) is 1. The lowest BCUT2D eigenvalue weighted by Crippen LogP contribution is -2.21. The highest BCUT2D eigenvalue weighted by Gasteiger charge is 2.21. The Balaban J connectivity index is 1.96. The van der Waals surface area contributed by atoms with Gasteiger partial charge in [-0.25, -0.2) is 0 Å². The van der Waals surface area contributed by atoms with Crippen molar-refractivity contribution in [3.8, 4) is 0 Å². The van der Waals surface area contributed by atoms with E-state index in [0.717, 1.165) is 11.1 Å². The number of hydrogen-bond donors (Lipinski definition) is 1. The lowest BCUT2D eigenvalue weighted by atomic mass is 9.94. The molecule has 0 saturated carbocycles. The van der Waals surface area contributed by atoms with Crippen LogP contribution in [0.5, 0.6) is 0 Å². The standard InChI is InChI=1S/C19H19NO/c1-21-19(15-8-3-2-4-9-15)18(20)17-12-11-14-7-5-6-10-16(14)13-17/h2-13,18-19H,20H2,1H3. The summed E-state index contributed by atoms with van der Waals surface area (Å²) in [6.07, 6.45) is -0.146. The van der Waals surface area contributed by atoms with Gasteiger partial charge in [-0.3, -0.25) is 0 Å². The molecule has 0 aliphatic rings. The summed E-state index contributed by atoms with van der Waals surface area (Å²) in [6.45, 7) is 0. The maximum Gasteiger partial charge on any atom is 0.101 e. The first-order chi connectivity index (χ1) is 10.3.